The van der Waals surface area contributed by atoms with E-state index in [0.29, 0.717) is 47.0 Å². The van der Waals surface area contributed by atoms with Crippen LogP contribution in [0.3, 0.4) is 0 Å². The Morgan fingerprint density at radius 1 is 1.29 bits per heavy atom. The Balaban J connectivity index is 1.59. The number of hydrogen-bond donors (Lipinski definition) is 2. The molecule has 0 aliphatic carbocycles. The van der Waals surface area contributed by atoms with Crippen molar-refractivity contribution in [3.8, 4) is 6.01 Å². The first-order valence-corrected chi connectivity index (χ1v) is 11.6. The second-order valence-corrected chi connectivity index (χ2v) is 8.23. The van der Waals surface area contributed by atoms with Gasteiger partial charge in [0.25, 0.3) is 5.82 Å². The van der Waals surface area contributed by atoms with Crippen LogP contribution >= 0.6 is 0 Å². The Morgan fingerprint density at radius 3 is 2.76 bits per heavy atom. The highest BCUT2D eigenvalue weighted by molar-refractivity contribution is 5.92. The van der Waals surface area contributed by atoms with E-state index in [1.807, 2.05) is 16.7 Å². The van der Waals surface area contributed by atoms with Crippen molar-refractivity contribution < 1.29 is 19.0 Å². The van der Waals surface area contributed by atoms with Crippen molar-refractivity contribution >= 4 is 22.9 Å². The van der Waals surface area contributed by atoms with E-state index < -0.39 is 5.91 Å². The summed E-state index contributed by atoms with van der Waals surface area (Å²) in [5.74, 6) is -0.143. The molecule has 0 spiro atoms. The Hall–Kier alpha value is -3.44. The van der Waals surface area contributed by atoms with Crippen LogP contribution in [0, 0.1) is 5.21 Å². The molecule has 1 fully saturated rings. The van der Waals surface area contributed by atoms with Gasteiger partial charge in [0.2, 0.25) is 11.6 Å². The summed E-state index contributed by atoms with van der Waals surface area (Å²) in [7, 11) is 0. The summed E-state index contributed by atoms with van der Waals surface area (Å²) in [4.78, 5) is 22.6. The Bertz CT molecular complexity index is 1110. The average Bonchev–Trinajstić information content (AvgIpc) is 3.24. The molecule has 0 atom stereocenters. The van der Waals surface area contributed by atoms with E-state index in [2.05, 4.69) is 27.1 Å². The topological polar surface area (TPSA) is 134 Å². The number of benzene rings is 1. The van der Waals surface area contributed by atoms with Gasteiger partial charge >= 0.3 is 6.01 Å². The highest BCUT2D eigenvalue weighted by atomic mass is 16.6. The second kappa shape index (κ2) is 11.1. The number of hydrogen-bond acceptors (Lipinski definition) is 8. The number of nitrogens with zero attached hydrogens (tertiary/aromatic N) is 5. The smallest absolute Gasteiger partial charge is 0.436 e. The van der Waals surface area contributed by atoms with E-state index in [1.165, 1.54) is 0 Å². The molecule has 0 radical (unpaired) electrons. The van der Waals surface area contributed by atoms with E-state index >= 15 is 0 Å². The molecule has 34 heavy (non-hydrogen) atoms. The number of amides is 1. The maximum Gasteiger partial charge on any atom is 0.436 e. The van der Waals surface area contributed by atoms with Gasteiger partial charge in [-0.2, -0.15) is 0 Å². The largest absolute Gasteiger partial charge is 0.737 e. The van der Waals surface area contributed by atoms with Crippen molar-refractivity contribution in [3.05, 3.63) is 46.9 Å². The standard InChI is InChI=1S/C23H31N7O4/c1-2-3-12-34-23-27-22-19(21(30(23)32)25-8-9-28-10-13-33-14-11-28)26-16-29(22)15-17-4-6-18(7-5-17)20(24)31/h4-7,16,25H,2-3,8-15H2,1H3,(H2,24,31). The molecular weight excluding hydrogens is 438 g/mol. The molecule has 1 aliphatic rings. The summed E-state index contributed by atoms with van der Waals surface area (Å²) in [6.45, 7) is 7.49. The molecule has 2 aromatic heterocycles. The van der Waals surface area contributed by atoms with Gasteiger partial charge in [-0.3, -0.25) is 14.3 Å². The van der Waals surface area contributed by atoms with Crippen LogP contribution < -0.4 is 20.5 Å². The van der Waals surface area contributed by atoms with E-state index in [-0.39, 0.29) is 6.01 Å². The number of primary amides is 1. The van der Waals surface area contributed by atoms with Gasteiger partial charge in [-0.1, -0.05) is 25.5 Å². The van der Waals surface area contributed by atoms with E-state index in [4.69, 9.17) is 15.2 Å². The monoisotopic (exact) mass is 469 g/mol. The average molecular weight is 470 g/mol. The van der Waals surface area contributed by atoms with Crippen LogP contribution in [0.5, 0.6) is 6.01 Å². The normalized spacial score (nSPS) is 14.4. The lowest BCUT2D eigenvalue weighted by Crippen LogP contribution is -2.40. The molecule has 11 heteroatoms. The fourth-order valence-corrected chi connectivity index (χ4v) is 3.79. The number of imidazole rings is 1. The van der Waals surface area contributed by atoms with Crippen molar-refractivity contribution in [3.63, 3.8) is 0 Å². The van der Waals surface area contributed by atoms with Crippen LogP contribution in [-0.2, 0) is 11.3 Å². The minimum Gasteiger partial charge on any atom is -0.737 e. The minimum absolute atomic E-state index is 0.000601. The van der Waals surface area contributed by atoms with Crippen molar-refractivity contribution in [2.75, 3.05) is 51.3 Å². The van der Waals surface area contributed by atoms with E-state index in [1.54, 1.807) is 18.5 Å². The van der Waals surface area contributed by atoms with Crippen LogP contribution in [0.25, 0.3) is 11.2 Å². The summed E-state index contributed by atoms with van der Waals surface area (Å²) >= 11 is 0. The molecule has 0 unspecified atom stereocenters. The fourth-order valence-electron chi connectivity index (χ4n) is 3.79. The molecule has 3 aromatic rings. The van der Waals surface area contributed by atoms with Gasteiger partial charge in [-0.05, 0) is 29.1 Å². The first kappa shape index (κ1) is 23.7. The molecule has 1 aliphatic heterocycles. The number of rotatable bonds is 11. The Morgan fingerprint density at radius 2 is 2.06 bits per heavy atom. The SMILES string of the molecule is CCCCOc1nc2c(ncn2Cc2ccc(C(N)=O)cc2)c(NCCN2CCOCC2)[n+]1[O-]. The third-order valence-electron chi connectivity index (χ3n) is 5.76. The zero-order valence-corrected chi connectivity index (χ0v) is 19.4. The highest BCUT2D eigenvalue weighted by Crippen LogP contribution is 2.21. The maximum absolute atomic E-state index is 13.1. The molecule has 182 valence electrons. The lowest BCUT2D eigenvalue weighted by molar-refractivity contribution is -0.600. The lowest BCUT2D eigenvalue weighted by atomic mass is 10.1. The number of morpholine rings is 1. The summed E-state index contributed by atoms with van der Waals surface area (Å²) in [6, 6.07) is 7.05. The first-order valence-electron chi connectivity index (χ1n) is 11.6. The van der Waals surface area contributed by atoms with Gasteiger partial charge < -0.3 is 25.7 Å². The molecule has 0 saturated carbocycles. The van der Waals surface area contributed by atoms with Crippen molar-refractivity contribution in [1.29, 1.82) is 0 Å². The van der Waals surface area contributed by atoms with E-state index in [0.717, 1.165) is 51.3 Å². The third-order valence-corrected chi connectivity index (χ3v) is 5.76. The quantitative estimate of drug-likeness (QED) is 0.242. The van der Waals surface area contributed by atoms with Gasteiger partial charge in [-0.15, -0.1) is 0 Å². The summed E-state index contributed by atoms with van der Waals surface area (Å²) in [5.41, 5.74) is 7.75. The minimum atomic E-state index is -0.469. The van der Waals surface area contributed by atoms with E-state index in [9.17, 15) is 10.0 Å². The van der Waals surface area contributed by atoms with Gasteiger partial charge in [0, 0.05) is 25.2 Å². The summed E-state index contributed by atoms with van der Waals surface area (Å²) in [6.07, 6.45) is 3.43. The number of anilines is 1. The van der Waals surface area contributed by atoms with Gasteiger partial charge in [0.05, 0.1) is 39.2 Å². The predicted molar refractivity (Wildman–Crippen MR) is 127 cm³/mol. The van der Waals surface area contributed by atoms with Crippen LogP contribution in [0.15, 0.2) is 30.6 Å². The van der Waals surface area contributed by atoms with Crippen LogP contribution in [0.4, 0.5) is 5.82 Å². The van der Waals surface area contributed by atoms with Crippen LogP contribution in [0.2, 0.25) is 0 Å². The third kappa shape index (κ3) is 5.54. The van der Waals surface area contributed by atoms with Crippen molar-refractivity contribution in [1.82, 2.24) is 19.4 Å². The molecule has 1 amide bonds. The second-order valence-electron chi connectivity index (χ2n) is 8.23. The van der Waals surface area contributed by atoms with Crippen molar-refractivity contribution in [2.45, 2.75) is 26.3 Å². The van der Waals surface area contributed by atoms with Gasteiger partial charge in [0.1, 0.15) is 0 Å². The fraction of sp³-hybridized carbons (Fsp3) is 0.478. The van der Waals surface area contributed by atoms with Crippen molar-refractivity contribution in [2.24, 2.45) is 5.73 Å². The van der Waals surface area contributed by atoms with Gasteiger partial charge in [-0.25, -0.2) is 9.71 Å². The first-order chi connectivity index (χ1) is 16.6. The highest BCUT2D eigenvalue weighted by Gasteiger charge is 2.23. The summed E-state index contributed by atoms with van der Waals surface area (Å²) in [5, 5.41) is 16.3. The number of carbonyl (C=O) groups excluding carboxylic acids is 1. The Kier molecular flexibility index (Phi) is 7.76. The molecule has 0 bridgehead atoms. The number of fused-ring (bicyclic) bond motifs is 1. The molecule has 1 aromatic carbocycles. The zero-order valence-electron chi connectivity index (χ0n) is 19.4. The predicted octanol–water partition coefficient (Wildman–Crippen LogP) is 1.13. The molecule has 1 saturated heterocycles. The Labute approximate surface area is 198 Å². The lowest BCUT2D eigenvalue weighted by Gasteiger charge is -2.26. The summed E-state index contributed by atoms with van der Waals surface area (Å²) < 4.78 is 13.7. The number of aromatic nitrogens is 4. The number of unbranched alkanes of at least 4 members (excludes halogenated alkanes) is 1. The maximum atomic E-state index is 13.1. The van der Waals surface area contributed by atoms with Crippen LogP contribution in [0.1, 0.15) is 35.7 Å². The number of nitrogens with one attached hydrogen (secondary N) is 1. The molecule has 3 heterocycles. The van der Waals surface area contributed by atoms with Gasteiger partial charge in [0.15, 0.2) is 5.52 Å². The molecule has 3 N–H and O–H groups in total. The molecule has 4 rings (SSSR count). The number of nitrogens with two attached hydrogens (primary N) is 1. The number of carbonyl (C=O) groups is 1. The van der Waals surface area contributed by atoms with Crippen LogP contribution in [-0.4, -0.2) is 71.3 Å². The zero-order chi connectivity index (χ0) is 23.9. The molecular formula is C23H31N7O4. The molecule has 11 nitrogen and oxygen atoms in total. The number of ether oxygens (including phenoxy) is 2.